The largest absolute Gasteiger partial charge is 0.378 e. The molecule has 106 valence electrons. The quantitative estimate of drug-likeness (QED) is 0.729. The summed E-state index contributed by atoms with van der Waals surface area (Å²) in [5.41, 5.74) is 1.45. The second kappa shape index (κ2) is 7.96. The van der Waals surface area contributed by atoms with Gasteiger partial charge in [0.15, 0.2) is 0 Å². The molecular formula is C17H26OS. The molecule has 0 radical (unpaired) electrons. The Balaban J connectivity index is 1.67. The molecule has 0 heterocycles. The number of hydrogen-bond acceptors (Lipinski definition) is 2. The standard InChI is InChI=1S/C17H26OS/c1-2-13-18-16-9-5-14(6-10-16)3-4-15-7-11-17(19)12-8-15/h7-8,11-12,14,16,19H,2-6,9-10,13H2,1H3. The zero-order valence-corrected chi connectivity index (χ0v) is 12.9. The Morgan fingerprint density at radius 3 is 2.42 bits per heavy atom. The molecule has 2 rings (SSSR count). The normalized spacial score (nSPS) is 23.5. The molecule has 0 unspecified atom stereocenters. The van der Waals surface area contributed by atoms with E-state index in [-0.39, 0.29) is 0 Å². The molecule has 0 N–H and O–H groups in total. The predicted molar refractivity (Wildman–Crippen MR) is 84.0 cm³/mol. The van der Waals surface area contributed by atoms with Crippen LogP contribution in [0.2, 0.25) is 0 Å². The van der Waals surface area contributed by atoms with E-state index in [0.29, 0.717) is 6.10 Å². The molecule has 1 aromatic carbocycles. The molecule has 1 saturated carbocycles. The van der Waals surface area contributed by atoms with Crippen LogP contribution in [0, 0.1) is 5.92 Å². The van der Waals surface area contributed by atoms with Gasteiger partial charge in [0.2, 0.25) is 0 Å². The highest BCUT2D eigenvalue weighted by atomic mass is 32.1. The first-order valence-corrected chi connectivity index (χ1v) is 8.12. The van der Waals surface area contributed by atoms with E-state index in [4.69, 9.17) is 4.74 Å². The van der Waals surface area contributed by atoms with Crippen molar-refractivity contribution in [2.75, 3.05) is 6.61 Å². The van der Waals surface area contributed by atoms with Crippen LogP contribution in [0.1, 0.15) is 51.0 Å². The van der Waals surface area contributed by atoms with Crippen LogP contribution in [0.25, 0.3) is 0 Å². The SMILES string of the molecule is CCCOC1CCC(CCc2ccc(S)cc2)CC1. The van der Waals surface area contributed by atoms with Gasteiger partial charge < -0.3 is 4.74 Å². The fraction of sp³-hybridized carbons (Fsp3) is 0.647. The van der Waals surface area contributed by atoms with Crippen molar-refractivity contribution in [2.45, 2.75) is 62.9 Å². The molecule has 19 heavy (non-hydrogen) atoms. The average molecular weight is 278 g/mol. The van der Waals surface area contributed by atoms with E-state index in [9.17, 15) is 0 Å². The number of aryl methyl sites for hydroxylation is 1. The zero-order valence-electron chi connectivity index (χ0n) is 12.0. The van der Waals surface area contributed by atoms with Crippen LogP contribution < -0.4 is 0 Å². The smallest absolute Gasteiger partial charge is 0.0575 e. The third-order valence-electron chi connectivity index (χ3n) is 4.13. The monoisotopic (exact) mass is 278 g/mol. The maximum Gasteiger partial charge on any atom is 0.0575 e. The Kier molecular flexibility index (Phi) is 6.25. The van der Waals surface area contributed by atoms with Gasteiger partial charge in [-0.1, -0.05) is 19.1 Å². The van der Waals surface area contributed by atoms with Crippen LogP contribution in [0.3, 0.4) is 0 Å². The van der Waals surface area contributed by atoms with Crippen molar-refractivity contribution in [3.63, 3.8) is 0 Å². The van der Waals surface area contributed by atoms with E-state index >= 15 is 0 Å². The topological polar surface area (TPSA) is 9.23 Å². The third kappa shape index (κ3) is 5.19. The lowest BCUT2D eigenvalue weighted by atomic mass is 9.84. The summed E-state index contributed by atoms with van der Waals surface area (Å²) in [5.74, 6) is 0.900. The Hall–Kier alpha value is -0.470. The molecule has 1 aliphatic carbocycles. The molecule has 1 fully saturated rings. The molecule has 0 amide bonds. The fourth-order valence-corrected chi connectivity index (χ4v) is 3.05. The van der Waals surface area contributed by atoms with Crippen LogP contribution in [0.4, 0.5) is 0 Å². The van der Waals surface area contributed by atoms with Crippen molar-refractivity contribution >= 4 is 12.6 Å². The summed E-state index contributed by atoms with van der Waals surface area (Å²) in [6, 6.07) is 8.60. The molecule has 2 heteroatoms. The minimum Gasteiger partial charge on any atom is -0.378 e. The summed E-state index contributed by atoms with van der Waals surface area (Å²) in [6.07, 6.45) is 9.44. The van der Waals surface area contributed by atoms with E-state index in [0.717, 1.165) is 23.8 Å². The summed E-state index contributed by atoms with van der Waals surface area (Å²) < 4.78 is 5.85. The highest BCUT2D eigenvalue weighted by Crippen LogP contribution is 2.29. The van der Waals surface area contributed by atoms with E-state index in [1.165, 1.54) is 44.1 Å². The molecule has 0 aliphatic heterocycles. The fourth-order valence-electron chi connectivity index (χ4n) is 2.91. The summed E-state index contributed by atoms with van der Waals surface area (Å²) in [5, 5.41) is 0. The first-order chi connectivity index (χ1) is 9.28. The molecule has 1 aromatic rings. The van der Waals surface area contributed by atoms with E-state index < -0.39 is 0 Å². The van der Waals surface area contributed by atoms with Crippen LogP contribution >= 0.6 is 12.6 Å². The number of thiol groups is 1. The van der Waals surface area contributed by atoms with Gasteiger partial charge in [0.1, 0.15) is 0 Å². The summed E-state index contributed by atoms with van der Waals surface area (Å²) >= 11 is 4.33. The second-order valence-corrected chi connectivity index (χ2v) is 6.24. The Bertz CT molecular complexity index is 352. The first kappa shape index (κ1) is 14.9. The maximum absolute atomic E-state index is 5.85. The Labute approximate surface area is 123 Å². The van der Waals surface area contributed by atoms with Crippen molar-refractivity contribution in [2.24, 2.45) is 5.92 Å². The highest BCUT2D eigenvalue weighted by molar-refractivity contribution is 7.80. The third-order valence-corrected chi connectivity index (χ3v) is 4.43. The summed E-state index contributed by atoms with van der Waals surface area (Å²) in [7, 11) is 0. The van der Waals surface area contributed by atoms with Gasteiger partial charge in [-0.15, -0.1) is 12.6 Å². The Morgan fingerprint density at radius 2 is 1.79 bits per heavy atom. The molecule has 0 spiro atoms. The van der Waals surface area contributed by atoms with Gasteiger partial charge in [-0.05, 0) is 68.6 Å². The van der Waals surface area contributed by atoms with Gasteiger partial charge >= 0.3 is 0 Å². The minimum atomic E-state index is 0.541. The number of ether oxygens (including phenoxy) is 1. The Morgan fingerprint density at radius 1 is 1.11 bits per heavy atom. The van der Waals surface area contributed by atoms with E-state index in [1.54, 1.807) is 0 Å². The number of benzene rings is 1. The van der Waals surface area contributed by atoms with Crippen LogP contribution in [0.5, 0.6) is 0 Å². The predicted octanol–water partition coefficient (Wildman–Crippen LogP) is 4.89. The lowest BCUT2D eigenvalue weighted by Gasteiger charge is -2.28. The van der Waals surface area contributed by atoms with Crippen LogP contribution in [-0.4, -0.2) is 12.7 Å². The van der Waals surface area contributed by atoms with Gasteiger partial charge in [-0.25, -0.2) is 0 Å². The van der Waals surface area contributed by atoms with Gasteiger partial charge in [-0.3, -0.25) is 0 Å². The van der Waals surface area contributed by atoms with Gasteiger partial charge in [-0.2, -0.15) is 0 Å². The van der Waals surface area contributed by atoms with Crippen molar-refractivity contribution in [1.29, 1.82) is 0 Å². The van der Waals surface area contributed by atoms with Gasteiger partial charge in [0.25, 0.3) is 0 Å². The maximum atomic E-state index is 5.85. The van der Waals surface area contributed by atoms with Crippen molar-refractivity contribution in [1.82, 2.24) is 0 Å². The van der Waals surface area contributed by atoms with Crippen LogP contribution in [-0.2, 0) is 11.2 Å². The van der Waals surface area contributed by atoms with Gasteiger partial charge in [0, 0.05) is 11.5 Å². The molecule has 0 aromatic heterocycles. The van der Waals surface area contributed by atoms with E-state index in [1.807, 2.05) is 0 Å². The van der Waals surface area contributed by atoms with E-state index in [2.05, 4.69) is 43.8 Å². The lowest BCUT2D eigenvalue weighted by Crippen LogP contribution is -2.22. The second-order valence-electron chi connectivity index (χ2n) is 5.72. The first-order valence-electron chi connectivity index (χ1n) is 7.67. The van der Waals surface area contributed by atoms with Crippen molar-refractivity contribution < 1.29 is 4.74 Å². The van der Waals surface area contributed by atoms with Crippen LogP contribution in [0.15, 0.2) is 29.2 Å². The molecule has 0 bridgehead atoms. The molecular weight excluding hydrogens is 252 g/mol. The average Bonchev–Trinajstić information content (AvgIpc) is 2.46. The molecule has 1 aliphatic rings. The number of rotatable bonds is 6. The van der Waals surface area contributed by atoms with Gasteiger partial charge in [0.05, 0.1) is 6.10 Å². The molecule has 0 atom stereocenters. The number of hydrogen-bond donors (Lipinski definition) is 1. The molecule has 0 saturated heterocycles. The lowest BCUT2D eigenvalue weighted by molar-refractivity contribution is 0.0177. The van der Waals surface area contributed by atoms with Crippen molar-refractivity contribution in [3.05, 3.63) is 29.8 Å². The highest BCUT2D eigenvalue weighted by Gasteiger charge is 2.21. The van der Waals surface area contributed by atoms with Crippen molar-refractivity contribution in [3.8, 4) is 0 Å². The summed E-state index contributed by atoms with van der Waals surface area (Å²) in [6.45, 7) is 3.12. The molecule has 1 nitrogen and oxygen atoms in total. The minimum absolute atomic E-state index is 0.541. The zero-order chi connectivity index (χ0) is 13.5. The summed E-state index contributed by atoms with van der Waals surface area (Å²) in [4.78, 5) is 1.05.